The van der Waals surface area contributed by atoms with Crippen LogP contribution in [0.5, 0.6) is 0 Å². The highest BCUT2D eigenvalue weighted by molar-refractivity contribution is 5.99. The van der Waals surface area contributed by atoms with E-state index >= 15 is 0 Å². The highest BCUT2D eigenvalue weighted by atomic mass is 16.5. The van der Waals surface area contributed by atoms with Crippen LogP contribution in [0.25, 0.3) is 0 Å². The van der Waals surface area contributed by atoms with Crippen LogP contribution < -0.4 is 112 Å². The molecule has 748 valence electrons. The first kappa shape index (κ1) is 134. The fraction of sp³-hybridized carbons (Fsp3) is 0.679. The number of esters is 2. The fourth-order valence-electron chi connectivity index (χ4n) is 7.77. The van der Waals surface area contributed by atoms with E-state index in [1.807, 2.05) is 21.0 Å². The van der Waals surface area contributed by atoms with E-state index in [0.717, 1.165) is 12.1 Å². The van der Waals surface area contributed by atoms with Crippen molar-refractivity contribution in [3.63, 3.8) is 0 Å². The number of likely N-dealkylation sites (N-methyl/N-ethyl adjacent to an activating group) is 8. The van der Waals surface area contributed by atoms with Crippen molar-refractivity contribution in [2.75, 3.05) is 101 Å². The molecule has 0 saturated carbocycles. The molecule has 0 fully saturated rings. The zero-order chi connectivity index (χ0) is 103. The number of carbonyl (C=O) groups is 21. The van der Waals surface area contributed by atoms with Crippen molar-refractivity contribution in [2.45, 2.75) is 282 Å². The summed E-state index contributed by atoms with van der Waals surface area (Å²) in [5.74, 6) is -6.09. The Labute approximate surface area is 766 Å². The summed E-state index contributed by atoms with van der Waals surface area (Å²) in [7, 11) is 13.6. The van der Waals surface area contributed by atoms with E-state index in [9.17, 15) is 101 Å². The van der Waals surface area contributed by atoms with Crippen molar-refractivity contribution in [3.8, 4) is 0 Å². The molecule has 46 heteroatoms. The molecule has 1 aromatic rings. The number of ketones is 6. The van der Waals surface area contributed by atoms with Crippen molar-refractivity contribution in [1.82, 2.24) is 95.7 Å². The Morgan fingerprint density at radius 2 is 0.615 bits per heavy atom. The maximum absolute atomic E-state index is 12.0. The predicted molar refractivity (Wildman–Crippen MR) is 491 cm³/mol. The van der Waals surface area contributed by atoms with Gasteiger partial charge in [0.1, 0.15) is 42.7 Å². The standard InChI is InChI=1S/C16H23N3O4.2C12H22N4O4.C11H21N3O3.C8H18N2O3.2C8H16N2O2.C6H13NO2.C3H6O/c1-10(17-4)15(21)18-11(2)16(22)19-14-7-5-13(6-8-14)9-23-12(3)20;2*1-6(14-4)11(19)15-7(2)12(20)16-9(8(3)17)5-10(13)18;1-6(9(4)15)13-11(17)8(3)14-10(16)7(2)12-5;1-9-4-7-13-6-2-8(12)10-3-5-11;2*1-5(7(3)11)10-8(12)6(2)9-4;1-5(4-7-3)9-6(2)8;1-3(2)4/h5-8,10-11,17H,9H2,1-4H3,(H,18,21)(H,19,22);2*6-7,9,14H,5H2,1-4H3,(H2,13,18)(H,15,19)(H,16,20);6-8,12H,1-5H3,(H,13,17)(H,14,16);9,11H,2-7H2,1H3,(H,10,12);2*5-6,9H,1-4H3,(H,10,12);5,7H,4H2,1-3H3;1-2H3/t10-,11-;6-,7-,9+;6-,7-,9-;6-,7-,8+;;5-,6+;5-,6-;5-;/m0100.001./s1. The summed E-state index contributed by atoms with van der Waals surface area (Å²) >= 11 is 0. The van der Waals surface area contributed by atoms with Crippen LogP contribution in [0.2, 0.25) is 0 Å². The van der Waals surface area contributed by atoms with Crippen molar-refractivity contribution in [2.24, 2.45) is 11.5 Å². The van der Waals surface area contributed by atoms with Gasteiger partial charge >= 0.3 is 11.9 Å². The first-order valence-electron chi connectivity index (χ1n) is 42.0. The summed E-state index contributed by atoms with van der Waals surface area (Å²) in [5, 5.41) is 58.7. The lowest BCUT2D eigenvalue weighted by atomic mass is 10.1. The third-order valence-corrected chi connectivity index (χ3v) is 17.2. The highest BCUT2D eigenvalue weighted by Gasteiger charge is 2.28. The van der Waals surface area contributed by atoms with Gasteiger partial charge in [0, 0.05) is 45.6 Å². The Bertz CT molecular complexity index is 3500. The van der Waals surface area contributed by atoms with E-state index in [0.29, 0.717) is 38.4 Å². The van der Waals surface area contributed by atoms with Crippen molar-refractivity contribution >= 4 is 129 Å². The molecule has 1 rings (SSSR count). The van der Waals surface area contributed by atoms with Gasteiger partial charge in [0.05, 0.1) is 99.1 Å². The van der Waals surface area contributed by atoms with Crippen LogP contribution in [0.4, 0.5) is 5.69 Å². The first-order valence-corrected chi connectivity index (χ1v) is 42.0. The Morgan fingerprint density at radius 3 is 0.854 bits per heavy atom. The van der Waals surface area contributed by atoms with Gasteiger partial charge in [-0.3, -0.25) is 95.9 Å². The lowest BCUT2D eigenvalue weighted by Gasteiger charge is -2.20. The minimum Gasteiger partial charge on any atom is -0.462 e. The Kier molecular flexibility index (Phi) is 82.7. The van der Waals surface area contributed by atoms with Gasteiger partial charge in [-0.25, -0.2) is 0 Å². The molecule has 0 saturated heterocycles. The number of Topliss-reactive ketones (excluding diaryl/α,β-unsaturated/α-hetero) is 6. The van der Waals surface area contributed by atoms with Crippen LogP contribution in [0.15, 0.2) is 24.3 Å². The summed E-state index contributed by atoms with van der Waals surface area (Å²) in [6.07, 6.45) is -0.208. The molecule has 24 N–H and O–H groups in total. The molecule has 0 aliphatic carbocycles. The van der Waals surface area contributed by atoms with Gasteiger partial charge in [-0.1, -0.05) is 12.1 Å². The first-order chi connectivity index (χ1) is 60.2. The molecule has 0 radical (unpaired) electrons. The van der Waals surface area contributed by atoms with Gasteiger partial charge in [-0.05, 0) is 219 Å². The Balaban J connectivity index is -0.000000220. The molecule has 0 aromatic heterocycles. The zero-order valence-corrected chi connectivity index (χ0v) is 82.0. The number of primary amides is 2. The number of aliphatic hydroxyl groups is 1. The number of carbonyl (C=O) groups excluding carboxylic acids is 21. The third-order valence-electron chi connectivity index (χ3n) is 17.2. The molecule has 0 unspecified atom stereocenters. The molecule has 0 aliphatic heterocycles. The molecule has 1 aromatic carbocycles. The quantitative estimate of drug-likeness (QED) is 0.0214. The second-order valence-corrected chi connectivity index (χ2v) is 29.6. The van der Waals surface area contributed by atoms with E-state index in [2.05, 4.69) is 101 Å². The largest absolute Gasteiger partial charge is 0.462 e. The van der Waals surface area contributed by atoms with E-state index < -0.39 is 90.1 Å². The summed E-state index contributed by atoms with van der Waals surface area (Å²) in [6, 6.07) is -1.45. The predicted octanol–water partition coefficient (Wildman–Crippen LogP) is -5.06. The number of nitrogens with one attached hydrogen (secondary N) is 19. The molecule has 0 heterocycles. The normalized spacial score (nSPS) is 13.7. The number of hydrogen-bond donors (Lipinski definition) is 22. The second-order valence-electron chi connectivity index (χ2n) is 29.6. The van der Waals surface area contributed by atoms with Gasteiger partial charge < -0.3 is 137 Å². The number of hydrogen-bond acceptors (Lipinski definition) is 33. The van der Waals surface area contributed by atoms with Crippen LogP contribution in [0, 0.1) is 0 Å². The van der Waals surface area contributed by atoms with E-state index in [4.69, 9.17) is 30.8 Å². The van der Waals surface area contributed by atoms with E-state index in [1.54, 1.807) is 143 Å². The fourth-order valence-corrected chi connectivity index (χ4v) is 7.77. The SMILES string of the molecule is CC(C)=O.CNCCOCCC(=O)NCCO.CNC[C@@H](C)OC(C)=O.CN[C@@H](C)C(=O)N[C@@H](C)C(=O)N[C@@H](CC(N)=O)C(C)=O.CN[C@@H](C)C(=O)N[C@@H](C)C(=O)Nc1ccc(COC(C)=O)cc1.CN[C@@H](C)C(=O)N[C@@H](C)C(C)=O.CN[C@@H](C)C(=O)N[C@H](C)C(=O)N[C@@H](C)C(C)=O.CN[C@H](C)C(=O)N[C@@H](C)C(C)=O.CN[C@H](C)C(=O)N[C@H](C)C(=O)N[C@@H](CC(N)=O)C(C)=O. The number of aliphatic hydroxyl groups excluding tert-OH is 1. The molecular weight excluding hydrogens is 1700 g/mol. The summed E-state index contributed by atoms with van der Waals surface area (Å²) in [5.41, 5.74) is 11.4. The minimum absolute atomic E-state index is 0.0208. The molecular formula is C84H157N21O25. The third kappa shape index (κ3) is 78.0. The lowest BCUT2D eigenvalue weighted by Crippen LogP contribution is -2.53. The minimum atomic E-state index is -0.971. The van der Waals surface area contributed by atoms with Crippen LogP contribution in [-0.4, -0.2) is 321 Å². The molecule has 0 aliphatic rings. The van der Waals surface area contributed by atoms with Crippen LogP contribution >= 0.6 is 0 Å². The van der Waals surface area contributed by atoms with Gasteiger partial charge in [0.25, 0.3) is 0 Å². The molecule has 0 bridgehead atoms. The maximum atomic E-state index is 12.0. The monoisotopic (exact) mass is 1860 g/mol. The second kappa shape index (κ2) is 80.0. The molecule has 46 nitrogen and oxygen atoms in total. The van der Waals surface area contributed by atoms with Crippen molar-refractivity contribution < 1.29 is 120 Å². The van der Waals surface area contributed by atoms with Crippen LogP contribution in [0.1, 0.15) is 184 Å². The molecule has 0 spiro atoms. The molecule has 130 heavy (non-hydrogen) atoms. The smallest absolute Gasteiger partial charge is 0.302 e. The maximum Gasteiger partial charge on any atom is 0.302 e. The number of benzene rings is 1. The number of rotatable bonds is 48. The van der Waals surface area contributed by atoms with E-state index in [-0.39, 0.29) is 156 Å². The lowest BCUT2D eigenvalue weighted by molar-refractivity contribution is -0.145. The summed E-state index contributed by atoms with van der Waals surface area (Å²) in [6.45, 7) is 38.8. The van der Waals surface area contributed by atoms with Crippen LogP contribution in [-0.2, 0) is 122 Å². The Morgan fingerprint density at radius 1 is 0.338 bits per heavy atom. The number of ether oxygens (including phenoxy) is 3. The topological polar surface area (TPSA) is 687 Å². The number of anilines is 1. The van der Waals surface area contributed by atoms with Gasteiger partial charge in [-0.15, -0.1) is 0 Å². The number of nitrogens with two attached hydrogens (primary N) is 2. The molecule has 16 atom stereocenters. The molecule has 13 amide bonds. The number of amides is 13. The highest BCUT2D eigenvalue weighted by Crippen LogP contribution is 2.11. The Hall–Kier alpha value is -11.1. The summed E-state index contributed by atoms with van der Waals surface area (Å²) in [4.78, 5) is 234. The average Bonchev–Trinajstić information content (AvgIpc) is 0.760. The van der Waals surface area contributed by atoms with Gasteiger partial charge in [-0.2, -0.15) is 0 Å². The van der Waals surface area contributed by atoms with Gasteiger partial charge in [0.15, 0.2) is 28.9 Å². The van der Waals surface area contributed by atoms with Crippen molar-refractivity contribution in [1.29, 1.82) is 0 Å². The van der Waals surface area contributed by atoms with Crippen LogP contribution in [0.3, 0.4) is 0 Å². The van der Waals surface area contributed by atoms with Gasteiger partial charge in [0.2, 0.25) is 76.8 Å². The summed E-state index contributed by atoms with van der Waals surface area (Å²) < 4.78 is 14.8. The van der Waals surface area contributed by atoms with E-state index in [1.165, 1.54) is 76.2 Å². The van der Waals surface area contributed by atoms with Crippen molar-refractivity contribution in [3.05, 3.63) is 29.8 Å². The average molecular weight is 1860 g/mol. The zero-order valence-electron chi connectivity index (χ0n) is 82.0.